The number of hydrogen-bond donors (Lipinski definition) is 0. The van der Waals surface area contributed by atoms with Gasteiger partial charge >= 0.3 is 0 Å². The Balaban J connectivity index is 1.55. The Kier molecular flexibility index (Phi) is 5.49. The molecule has 0 fully saturated rings. The summed E-state index contributed by atoms with van der Waals surface area (Å²) in [6.45, 7) is 11.0. The minimum absolute atomic E-state index is 0.124. The van der Waals surface area contributed by atoms with E-state index in [9.17, 15) is 9.90 Å². The van der Waals surface area contributed by atoms with Crippen LogP contribution >= 0.6 is 0 Å². The fraction of sp³-hybridized carbons (Fsp3) is 0.444. The van der Waals surface area contributed by atoms with E-state index in [1.54, 1.807) is 6.07 Å². The minimum Gasteiger partial charge on any atom is -0.545 e. The number of carboxylic acids is 1. The van der Waals surface area contributed by atoms with Crippen LogP contribution in [0.4, 0.5) is 5.69 Å². The van der Waals surface area contributed by atoms with Gasteiger partial charge in [-0.3, -0.25) is 0 Å². The van der Waals surface area contributed by atoms with Gasteiger partial charge < -0.3 is 19.5 Å². The molecule has 0 spiro atoms. The van der Waals surface area contributed by atoms with E-state index in [0.717, 1.165) is 117 Å². The zero-order valence-corrected chi connectivity index (χ0v) is 24.5. The van der Waals surface area contributed by atoms with Crippen LogP contribution < -0.4 is 29.9 Å². The number of benzene rings is 3. The molecular weight excluding hydrogens is 508 g/mol. The lowest BCUT2D eigenvalue weighted by molar-refractivity contribution is -0.255. The number of fused-ring (bicyclic) bond motifs is 4. The van der Waals surface area contributed by atoms with E-state index in [0.29, 0.717) is 0 Å². The van der Waals surface area contributed by atoms with Crippen molar-refractivity contribution in [3.63, 3.8) is 0 Å². The van der Waals surface area contributed by atoms with Crippen LogP contribution in [0.15, 0.2) is 30.3 Å². The van der Waals surface area contributed by atoms with Crippen LogP contribution in [0.5, 0.6) is 11.5 Å². The first kappa shape index (κ1) is 25.1. The van der Waals surface area contributed by atoms with Crippen molar-refractivity contribution >= 4 is 17.2 Å². The molecule has 0 unspecified atom stereocenters. The Bertz CT molecular complexity index is 1790. The van der Waals surface area contributed by atoms with E-state index >= 15 is 0 Å². The van der Waals surface area contributed by atoms with Gasteiger partial charge in [0.25, 0.3) is 0 Å². The van der Waals surface area contributed by atoms with Crippen LogP contribution in [0.25, 0.3) is 5.57 Å². The van der Waals surface area contributed by atoms with Crippen LogP contribution in [0.2, 0.25) is 0 Å². The number of ether oxygens (including phenoxy) is 1. The predicted octanol–water partition coefficient (Wildman–Crippen LogP) is 3.78. The molecule has 5 aliphatic heterocycles. The van der Waals surface area contributed by atoms with Crippen molar-refractivity contribution in [2.24, 2.45) is 0 Å². The molecule has 5 heteroatoms. The zero-order chi connectivity index (χ0) is 28.0. The average Bonchev–Trinajstić information content (AvgIpc) is 2.96. The quantitative estimate of drug-likeness (QED) is 0.359. The summed E-state index contributed by atoms with van der Waals surface area (Å²) < 4.78 is 9.69. The molecule has 0 amide bonds. The molecule has 5 nitrogen and oxygen atoms in total. The first-order chi connectivity index (χ1) is 19.8. The lowest BCUT2D eigenvalue weighted by Gasteiger charge is -2.39. The second kappa shape index (κ2) is 8.95. The van der Waals surface area contributed by atoms with Gasteiger partial charge in [0.2, 0.25) is 5.36 Å². The molecule has 0 aliphatic carbocycles. The molecular formula is C36H38N2O3. The summed E-state index contributed by atoms with van der Waals surface area (Å²) in [5.74, 6) is 0.776. The van der Waals surface area contributed by atoms with E-state index in [1.807, 2.05) is 6.07 Å². The van der Waals surface area contributed by atoms with Gasteiger partial charge in [0.15, 0.2) is 0 Å². The van der Waals surface area contributed by atoms with E-state index in [-0.39, 0.29) is 11.0 Å². The van der Waals surface area contributed by atoms with Gasteiger partial charge in [-0.2, -0.15) is 0 Å². The summed E-state index contributed by atoms with van der Waals surface area (Å²) in [4.78, 5) is 15.3. The molecule has 5 aliphatic rings. The fourth-order valence-electron chi connectivity index (χ4n) is 8.20. The van der Waals surface area contributed by atoms with Crippen molar-refractivity contribution in [2.75, 3.05) is 31.1 Å². The maximum Gasteiger partial charge on any atom is 0.210 e. The summed E-state index contributed by atoms with van der Waals surface area (Å²) in [6, 6.07) is 10.5. The largest absolute Gasteiger partial charge is 0.545 e. The number of rotatable bonds is 2. The molecule has 0 N–H and O–H groups in total. The smallest absolute Gasteiger partial charge is 0.210 e. The first-order valence-electron chi connectivity index (χ1n) is 15.6. The number of carbonyl (C=O) groups excluding carboxylic acids is 1. The van der Waals surface area contributed by atoms with Gasteiger partial charge in [-0.1, -0.05) is 32.9 Å². The van der Waals surface area contributed by atoms with Crippen molar-refractivity contribution in [3.8, 4) is 11.5 Å². The van der Waals surface area contributed by atoms with Gasteiger partial charge in [-0.15, -0.1) is 0 Å². The summed E-state index contributed by atoms with van der Waals surface area (Å²) >= 11 is 0. The molecule has 0 radical (unpaired) electrons. The third kappa shape index (κ3) is 3.73. The lowest BCUT2D eigenvalue weighted by Crippen LogP contribution is -2.45. The zero-order valence-electron chi connectivity index (χ0n) is 24.5. The predicted molar refractivity (Wildman–Crippen MR) is 160 cm³/mol. The van der Waals surface area contributed by atoms with Crippen LogP contribution in [0.1, 0.15) is 95.8 Å². The number of anilines is 1. The van der Waals surface area contributed by atoms with Gasteiger partial charge in [0.1, 0.15) is 24.6 Å². The van der Waals surface area contributed by atoms with Crippen LogP contribution in [-0.4, -0.2) is 32.1 Å². The van der Waals surface area contributed by atoms with Crippen LogP contribution in [0, 0.1) is 0 Å². The number of carboxylic acid groups (broad SMARTS) is 1. The van der Waals surface area contributed by atoms with Gasteiger partial charge in [-0.05, 0) is 78.8 Å². The van der Waals surface area contributed by atoms with Crippen LogP contribution in [-0.2, 0) is 31.1 Å². The van der Waals surface area contributed by atoms with E-state index in [1.165, 1.54) is 33.3 Å². The molecule has 0 aromatic heterocycles. The Hall–Kier alpha value is -3.60. The third-order valence-electron chi connectivity index (χ3n) is 10.1. The summed E-state index contributed by atoms with van der Waals surface area (Å²) in [5.41, 5.74) is 10.8. The summed E-state index contributed by atoms with van der Waals surface area (Å²) in [7, 11) is 0. The minimum atomic E-state index is -1.13. The van der Waals surface area contributed by atoms with Crippen molar-refractivity contribution in [3.05, 3.63) is 85.4 Å². The number of nitrogens with zero attached hydrogens (tertiary/aromatic N) is 2. The molecule has 0 atom stereocenters. The molecule has 0 bridgehead atoms. The second-order valence-electron chi connectivity index (χ2n) is 13.6. The highest BCUT2D eigenvalue weighted by molar-refractivity contribution is 5.98. The molecule has 41 heavy (non-hydrogen) atoms. The van der Waals surface area contributed by atoms with Crippen molar-refractivity contribution < 1.29 is 14.6 Å². The Labute approximate surface area is 241 Å². The molecule has 5 heterocycles. The Morgan fingerprint density at radius 3 is 2.37 bits per heavy atom. The number of carbonyl (C=O) groups is 1. The van der Waals surface area contributed by atoms with E-state index < -0.39 is 5.97 Å². The normalized spacial score (nSPS) is 18.7. The Morgan fingerprint density at radius 2 is 1.59 bits per heavy atom. The maximum absolute atomic E-state index is 12.7. The number of aromatic carboxylic acids is 1. The molecule has 3 aromatic rings. The molecule has 3 aromatic carbocycles. The topological polar surface area (TPSA) is 55.6 Å². The fourth-order valence-corrected chi connectivity index (χ4v) is 8.20. The SMILES string of the molecule is CC(C)(C)c1ccc(C(=O)[O-])c(C2=c3cc4c5c(c3Oc3c2cc2c6c3CCCN6CCC2)CCC[N+]=5CCC4)c1. The highest BCUT2D eigenvalue weighted by Crippen LogP contribution is 2.49. The monoisotopic (exact) mass is 546 g/mol. The molecule has 210 valence electrons. The first-order valence-corrected chi connectivity index (χ1v) is 15.6. The van der Waals surface area contributed by atoms with Gasteiger partial charge in [0.05, 0.1) is 11.5 Å². The highest BCUT2D eigenvalue weighted by atomic mass is 16.5. The van der Waals surface area contributed by atoms with E-state index in [2.05, 4.69) is 48.4 Å². The summed E-state index contributed by atoms with van der Waals surface area (Å²) in [5, 5.41) is 15.1. The highest BCUT2D eigenvalue weighted by Gasteiger charge is 2.36. The van der Waals surface area contributed by atoms with Crippen molar-refractivity contribution in [1.82, 2.24) is 4.58 Å². The second-order valence-corrected chi connectivity index (χ2v) is 13.6. The molecule has 0 saturated heterocycles. The van der Waals surface area contributed by atoms with Gasteiger partial charge in [0, 0.05) is 64.7 Å². The summed E-state index contributed by atoms with van der Waals surface area (Å²) in [6.07, 6.45) is 8.60. The number of hydrogen-bond acceptors (Lipinski definition) is 4. The molecule has 0 saturated carbocycles. The third-order valence-corrected chi connectivity index (χ3v) is 10.1. The number of aryl methyl sites for hydroxylation is 2. The van der Waals surface area contributed by atoms with Crippen molar-refractivity contribution in [2.45, 2.75) is 77.6 Å². The average molecular weight is 547 g/mol. The maximum atomic E-state index is 12.7. The van der Waals surface area contributed by atoms with Crippen LogP contribution in [0.3, 0.4) is 0 Å². The van der Waals surface area contributed by atoms with Gasteiger partial charge in [-0.25, -0.2) is 4.58 Å². The molecule has 8 rings (SSSR count). The standard InChI is InChI=1S/C36H38N2O3/c1-36(2,3)23-12-13-24(35(39)40)27(20-23)30-28-18-21-8-4-14-37-16-6-10-25(31(21)37)33(28)41-34-26-11-7-17-38-15-5-9-22(32(26)38)19-29(30)34/h12-13,18-20H,4-11,14-17H2,1-3H3. The van der Waals surface area contributed by atoms with Crippen molar-refractivity contribution in [1.29, 1.82) is 0 Å². The Morgan fingerprint density at radius 1 is 0.854 bits per heavy atom. The van der Waals surface area contributed by atoms with E-state index in [4.69, 9.17) is 4.74 Å². The lowest BCUT2D eigenvalue weighted by atomic mass is 9.79.